The van der Waals surface area contributed by atoms with E-state index in [4.69, 9.17) is 7.85 Å². The van der Waals surface area contributed by atoms with E-state index in [1.807, 2.05) is 0 Å². The number of H-pyrrole nitrogens is 1. The number of nitro benzene ring substituents is 1. The maximum absolute atomic E-state index is 10.4. The van der Waals surface area contributed by atoms with Crippen LogP contribution in [0.4, 0.5) is 5.69 Å². The SMILES string of the molecule is [B]c1cn[nH]c1-c1ccc([N+](=O)[O-])cc1. The van der Waals surface area contributed by atoms with Crippen molar-refractivity contribution in [2.45, 2.75) is 0 Å². The zero-order valence-corrected chi connectivity index (χ0v) is 7.68. The van der Waals surface area contributed by atoms with Crippen LogP contribution in [0.15, 0.2) is 30.5 Å². The van der Waals surface area contributed by atoms with E-state index in [0.717, 1.165) is 5.56 Å². The number of rotatable bonds is 2. The minimum absolute atomic E-state index is 0.0526. The molecule has 1 aromatic heterocycles. The molecule has 1 aromatic carbocycles. The Morgan fingerprint density at radius 2 is 2.00 bits per heavy atom. The van der Waals surface area contributed by atoms with Gasteiger partial charge in [-0.3, -0.25) is 15.2 Å². The van der Waals surface area contributed by atoms with E-state index in [0.29, 0.717) is 11.2 Å². The first-order valence-electron chi connectivity index (χ1n) is 4.22. The number of nitrogens with one attached hydrogen (secondary N) is 1. The molecule has 0 aliphatic carbocycles. The summed E-state index contributed by atoms with van der Waals surface area (Å²) in [7, 11) is 5.64. The molecule has 15 heavy (non-hydrogen) atoms. The minimum Gasteiger partial charge on any atom is -0.278 e. The van der Waals surface area contributed by atoms with Crippen LogP contribution in [0.1, 0.15) is 0 Å². The fourth-order valence-electron chi connectivity index (χ4n) is 1.28. The zero-order valence-electron chi connectivity index (χ0n) is 7.68. The quantitative estimate of drug-likeness (QED) is 0.441. The van der Waals surface area contributed by atoms with Crippen molar-refractivity contribution >= 4 is 19.0 Å². The lowest BCUT2D eigenvalue weighted by Crippen LogP contribution is -2.01. The second-order valence-corrected chi connectivity index (χ2v) is 3.00. The number of hydrogen-bond donors (Lipinski definition) is 1. The van der Waals surface area contributed by atoms with Gasteiger partial charge in [-0.2, -0.15) is 5.10 Å². The highest BCUT2D eigenvalue weighted by atomic mass is 16.6. The van der Waals surface area contributed by atoms with Crippen molar-refractivity contribution in [3.05, 3.63) is 40.6 Å². The third kappa shape index (κ3) is 1.74. The Hall–Kier alpha value is -2.11. The van der Waals surface area contributed by atoms with Crippen LogP contribution >= 0.6 is 0 Å². The average molecular weight is 199 g/mol. The minimum atomic E-state index is -0.444. The number of nitrogens with zero attached hydrogens (tertiary/aromatic N) is 2. The number of benzene rings is 1. The van der Waals surface area contributed by atoms with E-state index < -0.39 is 4.92 Å². The molecule has 72 valence electrons. The van der Waals surface area contributed by atoms with Gasteiger partial charge < -0.3 is 0 Å². The van der Waals surface area contributed by atoms with E-state index in [2.05, 4.69) is 10.2 Å². The number of non-ortho nitro benzene ring substituents is 1. The molecule has 0 aliphatic heterocycles. The van der Waals surface area contributed by atoms with Gasteiger partial charge in [0.25, 0.3) is 5.69 Å². The maximum atomic E-state index is 10.4. The Balaban J connectivity index is 2.40. The summed E-state index contributed by atoms with van der Waals surface area (Å²) < 4.78 is 0. The highest BCUT2D eigenvalue weighted by Gasteiger charge is 2.07. The largest absolute Gasteiger partial charge is 0.278 e. The molecule has 5 nitrogen and oxygen atoms in total. The standard InChI is InChI=1S/C9H6BN3O2/c10-8-5-11-12-9(8)6-1-3-7(4-2-6)13(14)15/h1-5H,(H,11,12). The third-order valence-corrected chi connectivity index (χ3v) is 2.04. The van der Waals surface area contributed by atoms with Crippen molar-refractivity contribution in [3.63, 3.8) is 0 Å². The van der Waals surface area contributed by atoms with Crippen molar-refractivity contribution in [2.75, 3.05) is 0 Å². The fraction of sp³-hybridized carbons (Fsp3) is 0. The number of hydrogen-bond acceptors (Lipinski definition) is 3. The van der Waals surface area contributed by atoms with Gasteiger partial charge in [0.1, 0.15) is 7.85 Å². The molecule has 1 N–H and O–H groups in total. The molecule has 0 amide bonds. The van der Waals surface area contributed by atoms with Crippen LogP contribution in [0.25, 0.3) is 11.3 Å². The van der Waals surface area contributed by atoms with Crippen molar-refractivity contribution in [1.82, 2.24) is 10.2 Å². The molecular weight excluding hydrogens is 193 g/mol. The molecule has 2 rings (SSSR count). The van der Waals surface area contributed by atoms with Crippen LogP contribution in [0.2, 0.25) is 0 Å². The van der Waals surface area contributed by atoms with Gasteiger partial charge in [-0.1, -0.05) is 5.46 Å². The predicted molar refractivity (Wildman–Crippen MR) is 56.1 cm³/mol. The van der Waals surface area contributed by atoms with Gasteiger partial charge in [0.05, 0.1) is 10.6 Å². The molecule has 0 bridgehead atoms. The van der Waals surface area contributed by atoms with E-state index in [1.165, 1.54) is 18.3 Å². The normalized spacial score (nSPS) is 10.1. The van der Waals surface area contributed by atoms with Crippen molar-refractivity contribution in [3.8, 4) is 11.3 Å². The molecule has 0 unspecified atom stereocenters. The summed E-state index contributed by atoms with van der Waals surface area (Å²) in [6.45, 7) is 0. The topological polar surface area (TPSA) is 71.8 Å². The Kier molecular flexibility index (Phi) is 2.25. The average Bonchev–Trinajstić information content (AvgIpc) is 2.65. The van der Waals surface area contributed by atoms with Crippen LogP contribution in [0.5, 0.6) is 0 Å². The smallest absolute Gasteiger partial charge is 0.269 e. The van der Waals surface area contributed by atoms with Gasteiger partial charge in [-0.05, 0) is 17.7 Å². The number of aromatic amines is 1. The molecule has 0 atom stereocenters. The monoisotopic (exact) mass is 199 g/mol. The summed E-state index contributed by atoms with van der Waals surface area (Å²) in [5.41, 5.74) is 2.01. The van der Waals surface area contributed by atoms with E-state index >= 15 is 0 Å². The van der Waals surface area contributed by atoms with E-state index in [9.17, 15) is 10.1 Å². The van der Waals surface area contributed by atoms with Crippen LogP contribution in [-0.4, -0.2) is 23.0 Å². The van der Waals surface area contributed by atoms with Crippen molar-refractivity contribution in [1.29, 1.82) is 0 Å². The van der Waals surface area contributed by atoms with Crippen LogP contribution in [0, 0.1) is 10.1 Å². The Labute approximate surface area is 86.7 Å². The van der Waals surface area contributed by atoms with E-state index in [-0.39, 0.29) is 5.69 Å². The Morgan fingerprint density at radius 3 is 2.47 bits per heavy atom. The summed E-state index contributed by atoms with van der Waals surface area (Å²) in [6.07, 6.45) is 1.50. The van der Waals surface area contributed by atoms with Crippen molar-refractivity contribution < 1.29 is 4.92 Å². The van der Waals surface area contributed by atoms with Gasteiger partial charge in [0.2, 0.25) is 0 Å². The molecule has 0 saturated carbocycles. The first kappa shape index (κ1) is 9.45. The predicted octanol–water partition coefficient (Wildman–Crippen LogP) is 0.779. The van der Waals surface area contributed by atoms with Crippen LogP contribution in [0.3, 0.4) is 0 Å². The summed E-state index contributed by atoms with van der Waals surface area (Å²) in [5, 5.41) is 16.9. The molecule has 6 heteroatoms. The second-order valence-electron chi connectivity index (χ2n) is 3.00. The van der Waals surface area contributed by atoms with Crippen LogP contribution < -0.4 is 5.46 Å². The molecule has 2 aromatic rings. The molecular formula is C9H6BN3O2. The summed E-state index contributed by atoms with van der Waals surface area (Å²) in [5.74, 6) is 0. The first-order valence-corrected chi connectivity index (χ1v) is 4.22. The summed E-state index contributed by atoms with van der Waals surface area (Å²) in [6, 6.07) is 6.11. The fourth-order valence-corrected chi connectivity index (χ4v) is 1.28. The maximum Gasteiger partial charge on any atom is 0.269 e. The van der Waals surface area contributed by atoms with Gasteiger partial charge in [0, 0.05) is 18.3 Å². The molecule has 0 spiro atoms. The highest BCUT2D eigenvalue weighted by molar-refractivity contribution is 6.35. The van der Waals surface area contributed by atoms with E-state index in [1.54, 1.807) is 12.1 Å². The second kappa shape index (κ2) is 3.57. The molecule has 2 radical (unpaired) electrons. The number of nitro groups is 1. The lowest BCUT2D eigenvalue weighted by atomic mass is 9.94. The van der Waals surface area contributed by atoms with Crippen LogP contribution in [-0.2, 0) is 0 Å². The Morgan fingerprint density at radius 1 is 1.33 bits per heavy atom. The number of aromatic nitrogens is 2. The summed E-state index contributed by atoms with van der Waals surface area (Å²) in [4.78, 5) is 9.98. The van der Waals surface area contributed by atoms with Gasteiger partial charge in [0.15, 0.2) is 0 Å². The molecule has 0 saturated heterocycles. The lowest BCUT2D eigenvalue weighted by Gasteiger charge is -1.98. The summed E-state index contributed by atoms with van der Waals surface area (Å²) >= 11 is 0. The Bertz CT molecular complexity index is 492. The van der Waals surface area contributed by atoms with Gasteiger partial charge >= 0.3 is 0 Å². The zero-order chi connectivity index (χ0) is 10.8. The first-order chi connectivity index (χ1) is 7.18. The molecule has 1 heterocycles. The molecule has 0 aliphatic rings. The highest BCUT2D eigenvalue weighted by Crippen LogP contribution is 2.18. The van der Waals surface area contributed by atoms with Gasteiger partial charge in [-0.25, -0.2) is 0 Å². The van der Waals surface area contributed by atoms with Gasteiger partial charge in [-0.15, -0.1) is 0 Å². The van der Waals surface area contributed by atoms with Crippen molar-refractivity contribution in [2.24, 2.45) is 0 Å². The molecule has 0 fully saturated rings. The third-order valence-electron chi connectivity index (χ3n) is 2.04. The lowest BCUT2D eigenvalue weighted by molar-refractivity contribution is -0.384.